The summed E-state index contributed by atoms with van der Waals surface area (Å²) >= 11 is 0. The van der Waals surface area contributed by atoms with E-state index in [1.165, 1.54) is 5.57 Å². The maximum absolute atomic E-state index is 11.8. The van der Waals surface area contributed by atoms with E-state index < -0.39 is 5.60 Å². The van der Waals surface area contributed by atoms with E-state index in [-0.39, 0.29) is 5.41 Å². The van der Waals surface area contributed by atoms with Crippen LogP contribution in [0.25, 0.3) is 0 Å². The largest absolute Gasteiger partial charge is 0.377 e. The highest BCUT2D eigenvalue weighted by Crippen LogP contribution is 2.65. The first-order chi connectivity index (χ1) is 10.9. The van der Waals surface area contributed by atoms with Gasteiger partial charge in [0.15, 0.2) is 0 Å². The second-order valence-electron chi connectivity index (χ2n) is 8.81. The van der Waals surface area contributed by atoms with Gasteiger partial charge in [-0.25, -0.2) is 0 Å². The first-order valence-electron chi connectivity index (χ1n) is 9.32. The van der Waals surface area contributed by atoms with Crippen LogP contribution < -0.4 is 0 Å². The highest BCUT2D eigenvalue weighted by atomic mass is 16.3. The van der Waals surface area contributed by atoms with E-state index in [1.54, 1.807) is 0 Å². The van der Waals surface area contributed by atoms with Crippen LogP contribution in [0.1, 0.15) is 58.8 Å². The molecule has 2 nitrogen and oxygen atoms in total. The highest BCUT2D eigenvalue weighted by molar-refractivity contribution is 5.82. The zero-order valence-electron chi connectivity index (χ0n) is 14.3. The Kier molecular flexibility index (Phi) is 3.34. The number of rotatable bonds is 0. The van der Waals surface area contributed by atoms with Crippen molar-refractivity contribution in [3.8, 4) is 12.3 Å². The summed E-state index contributed by atoms with van der Waals surface area (Å²) in [5.41, 5.74) is 0.367. The Balaban J connectivity index is 1.71. The summed E-state index contributed by atoms with van der Waals surface area (Å²) in [5.74, 6) is 6.11. The van der Waals surface area contributed by atoms with E-state index in [2.05, 4.69) is 25.8 Å². The Morgan fingerprint density at radius 1 is 1.30 bits per heavy atom. The lowest BCUT2D eigenvalue weighted by Gasteiger charge is -2.55. The molecule has 0 aromatic carbocycles. The molecule has 1 N–H and O–H groups in total. The van der Waals surface area contributed by atoms with Gasteiger partial charge < -0.3 is 5.11 Å². The molecule has 0 unspecified atom stereocenters. The number of Topliss-reactive ketones (excluding diaryl/α,β-unsaturated/α-hetero) is 1. The van der Waals surface area contributed by atoms with Crippen LogP contribution in [0.15, 0.2) is 11.6 Å². The first kappa shape index (κ1) is 15.5. The smallest absolute Gasteiger partial charge is 0.136 e. The lowest BCUT2D eigenvalue weighted by atomic mass is 9.49. The molecular weight excluding hydrogens is 284 g/mol. The average molecular weight is 312 g/mol. The fourth-order valence-electron chi connectivity index (χ4n) is 6.77. The summed E-state index contributed by atoms with van der Waals surface area (Å²) < 4.78 is 0. The molecule has 3 saturated carbocycles. The highest BCUT2D eigenvalue weighted by Gasteiger charge is 2.62. The summed E-state index contributed by atoms with van der Waals surface area (Å²) in [4.78, 5) is 11.8. The number of hydrogen-bond donors (Lipinski definition) is 1. The summed E-state index contributed by atoms with van der Waals surface area (Å²) in [6, 6.07) is 0. The summed E-state index contributed by atoms with van der Waals surface area (Å²) in [7, 11) is 0. The molecule has 0 aromatic rings. The van der Waals surface area contributed by atoms with Crippen LogP contribution in [0.5, 0.6) is 0 Å². The number of ketones is 1. The monoisotopic (exact) mass is 312 g/mol. The van der Waals surface area contributed by atoms with Crippen LogP contribution in [-0.4, -0.2) is 16.5 Å². The molecule has 0 aromatic heterocycles. The van der Waals surface area contributed by atoms with E-state index >= 15 is 0 Å². The lowest BCUT2D eigenvalue weighted by molar-refractivity contribution is -0.121. The Bertz CT molecular complexity index is 612. The molecule has 2 heteroatoms. The average Bonchev–Trinajstić information content (AvgIpc) is 2.79. The molecule has 0 heterocycles. The number of hydrogen-bond acceptors (Lipinski definition) is 2. The molecule has 0 amide bonds. The van der Waals surface area contributed by atoms with Crippen molar-refractivity contribution in [1.29, 1.82) is 0 Å². The van der Waals surface area contributed by atoms with Gasteiger partial charge in [0.1, 0.15) is 11.4 Å². The predicted molar refractivity (Wildman–Crippen MR) is 90.4 cm³/mol. The minimum Gasteiger partial charge on any atom is -0.377 e. The van der Waals surface area contributed by atoms with Crippen LogP contribution in [0.2, 0.25) is 0 Å². The molecular formula is C21H28O2. The zero-order chi connectivity index (χ0) is 16.4. The van der Waals surface area contributed by atoms with Crippen molar-refractivity contribution in [3.63, 3.8) is 0 Å². The van der Waals surface area contributed by atoms with Gasteiger partial charge in [-0.15, -0.1) is 6.42 Å². The molecule has 4 aliphatic rings. The van der Waals surface area contributed by atoms with Gasteiger partial charge in [-0.1, -0.05) is 31.4 Å². The van der Waals surface area contributed by atoms with Crippen LogP contribution in [0.4, 0.5) is 0 Å². The normalized spacial score (nSPS) is 52.0. The Labute approximate surface area is 139 Å². The molecule has 7 atom stereocenters. The lowest BCUT2D eigenvalue weighted by Crippen LogP contribution is -2.53. The fraction of sp³-hybridized carbons (Fsp3) is 0.762. The summed E-state index contributed by atoms with van der Waals surface area (Å²) in [6.45, 7) is 4.55. The number of terminal acetylenes is 1. The number of aliphatic hydroxyl groups is 1. The third-order valence-electron chi connectivity index (χ3n) is 7.99. The van der Waals surface area contributed by atoms with Crippen molar-refractivity contribution in [3.05, 3.63) is 11.6 Å². The second-order valence-corrected chi connectivity index (χ2v) is 8.81. The second kappa shape index (κ2) is 4.96. The van der Waals surface area contributed by atoms with Gasteiger partial charge >= 0.3 is 0 Å². The number of carbonyl (C=O) groups is 1. The summed E-state index contributed by atoms with van der Waals surface area (Å²) in [6.07, 6.45) is 14.6. The zero-order valence-corrected chi connectivity index (χ0v) is 14.3. The van der Waals surface area contributed by atoms with Gasteiger partial charge in [0.05, 0.1) is 0 Å². The molecule has 0 aliphatic heterocycles. The molecule has 124 valence electrons. The van der Waals surface area contributed by atoms with E-state index in [0.29, 0.717) is 41.8 Å². The van der Waals surface area contributed by atoms with Crippen LogP contribution in [0.3, 0.4) is 0 Å². The van der Waals surface area contributed by atoms with E-state index in [4.69, 9.17) is 6.42 Å². The quantitative estimate of drug-likeness (QED) is 0.546. The van der Waals surface area contributed by atoms with Crippen molar-refractivity contribution < 1.29 is 9.90 Å². The van der Waals surface area contributed by atoms with Crippen molar-refractivity contribution in [2.24, 2.45) is 35.0 Å². The molecule has 23 heavy (non-hydrogen) atoms. The maximum atomic E-state index is 11.8. The van der Waals surface area contributed by atoms with Crippen molar-refractivity contribution >= 4 is 5.78 Å². The van der Waals surface area contributed by atoms with Gasteiger partial charge in [0.2, 0.25) is 0 Å². The minimum atomic E-state index is -0.922. The molecule has 0 radical (unpaired) electrons. The third kappa shape index (κ3) is 1.96. The molecule has 4 aliphatic carbocycles. The number of allylic oxidation sites excluding steroid dienone is 2. The van der Waals surface area contributed by atoms with Crippen molar-refractivity contribution in [2.75, 3.05) is 0 Å². The Morgan fingerprint density at radius 2 is 2.09 bits per heavy atom. The van der Waals surface area contributed by atoms with Crippen LogP contribution >= 0.6 is 0 Å². The number of carbonyl (C=O) groups excluding carboxylic acids is 1. The van der Waals surface area contributed by atoms with Gasteiger partial charge in [-0.3, -0.25) is 4.79 Å². The molecule has 4 rings (SSSR count). The van der Waals surface area contributed by atoms with Gasteiger partial charge in [-0.05, 0) is 61.7 Å². The topological polar surface area (TPSA) is 37.3 Å². The fourth-order valence-corrected chi connectivity index (χ4v) is 6.77. The molecule has 0 saturated heterocycles. The molecule has 0 spiro atoms. The molecule has 0 bridgehead atoms. The van der Waals surface area contributed by atoms with Crippen LogP contribution in [-0.2, 0) is 4.79 Å². The van der Waals surface area contributed by atoms with Crippen LogP contribution in [0, 0.1) is 47.3 Å². The number of fused-ring (bicyclic) bond motifs is 5. The van der Waals surface area contributed by atoms with Crippen molar-refractivity contribution in [1.82, 2.24) is 0 Å². The Morgan fingerprint density at radius 3 is 2.83 bits per heavy atom. The Hall–Kier alpha value is -1.07. The van der Waals surface area contributed by atoms with E-state index in [9.17, 15) is 9.90 Å². The van der Waals surface area contributed by atoms with Crippen molar-refractivity contribution in [2.45, 2.75) is 64.4 Å². The minimum absolute atomic E-state index is 0.132. The maximum Gasteiger partial charge on any atom is 0.136 e. The van der Waals surface area contributed by atoms with Gasteiger partial charge in [-0.2, -0.15) is 0 Å². The van der Waals surface area contributed by atoms with E-state index in [0.717, 1.165) is 38.5 Å². The van der Waals surface area contributed by atoms with Gasteiger partial charge in [0, 0.05) is 18.3 Å². The standard InChI is InChI=1S/C21H28O2/c1-4-21(23)10-8-18-19-13(2)11-14-12-15(22)5-6-16(14)17(19)7-9-20(18,21)3/h1,11,13,16-19,23H,5-10,12H2,2-3H3/t13-,16+,17-,18+,19-,20+,21+/m1/s1. The van der Waals surface area contributed by atoms with Gasteiger partial charge in [0.25, 0.3) is 0 Å². The first-order valence-corrected chi connectivity index (χ1v) is 9.32. The molecule has 3 fully saturated rings. The third-order valence-corrected chi connectivity index (χ3v) is 7.99. The summed E-state index contributed by atoms with van der Waals surface area (Å²) in [5, 5.41) is 11.0. The predicted octanol–water partition coefficient (Wildman–Crippen LogP) is 3.74. The van der Waals surface area contributed by atoms with E-state index in [1.807, 2.05) is 0 Å². The SMILES string of the molecule is C#C[C@]1(O)CC[C@H]2[C@H]3[C@H](CC[C@@]21C)[C@H]1CCC(=O)CC1=C[C@H]3C.